The molecule has 2 aromatic carbocycles. The molecule has 1 amide bonds. The van der Waals surface area contributed by atoms with Crippen LogP contribution < -0.4 is 15.5 Å². The number of nitrogens with one attached hydrogen (secondary N) is 2. The van der Waals surface area contributed by atoms with Crippen molar-refractivity contribution in [2.45, 2.75) is 12.8 Å². The Labute approximate surface area is 173 Å². The Morgan fingerprint density at radius 1 is 1.07 bits per heavy atom. The Bertz CT molecular complexity index is 1020. The monoisotopic (exact) mass is 414 g/mol. The summed E-state index contributed by atoms with van der Waals surface area (Å²) in [5.41, 5.74) is 2.17. The quantitative estimate of drug-likeness (QED) is 0.602. The molecule has 0 radical (unpaired) electrons. The van der Waals surface area contributed by atoms with Crippen LogP contribution in [0.2, 0.25) is 10.0 Å². The van der Waals surface area contributed by atoms with Gasteiger partial charge in [0.15, 0.2) is 0 Å². The van der Waals surface area contributed by atoms with Crippen LogP contribution in [0, 0.1) is 0 Å². The zero-order valence-electron chi connectivity index (χ0n) is 15.2. The Kier molecular flexibility index (Phi) is 5.55. The fourth-order valence-corrected chi connectivity index (χ4v) is 3.78. The van der Waals surface area contributed by atoms with Crippen LogP contribution in [-0.2, 0) is 4.79 Å². The first-order valence-corrected chi connectivity index (χ1v) is 9.99. The molecule has 0 spiro atoms. The third-order valence-electron chi connectivity index (χ3n) is 4.78. The highest BCUT2D eigenvalue weighted by molar-refractivity contribution is 6.35. The van der Waals surface area contributed by atoms with Crippen LogP contribution in [0.25, 0.3) is 10.9 Å². The lowest BCUT2D eigenvalue weighted by atomic mass is 10.1. The second-order valence-electron chi connectivity index (χ2n) is 6.76. The average Bonchev–Trinajstić information content (AvgIpc) is 3.23. The van der Waals surface area contributed by atoms with E-state index in [4.69, 9.17) is 28.2 Å². The molecule has 1 aliphatic heterocycles. The van der Waals surface area contributed by atoms with Crippen LogP contribution in [0.1, 0.15) is 12.8 Å². The number of carbonyl (C=O) groups is 1. The van der Waals surface area contributed by atoms with Gasteiger partial charge in [0.25, 0.3) is 0 Å². The summed E-state index contributed by atoms with van der Waals surface area (Å²) >= 11 is 12.3. The molecule has 144 valence electrons. The minimum Gasteiger partial charge on any atom is -0.376 e. The summed E-state index contributed by atoms with van der Waals surface area (Å²) in [4.78, 5) is 19.5. The maximum atomic E-state index is 12.4. The van der Waals surface area contributed by atoms with E-state index >= 15 is 0 Å². The van der Waals surface area contributed by atoms with Crippen molar-refractivity contribution in [1.29, 1.82) is 0 Å². The first kappa shape index (κ1) is 18.8. The summed E-state index contributed by atoms with van der Waals surface area (Å²) in [5.74, 6) is 0.769. The summed E-state index contributed by atoms with van der Waals surface area (Å²) in [5, 5.41) is 7.89. The highest BCUT2D eigenvalue weighted by atomic mass is 35.5. The summed E-state index contributed by atoms with van der Waals surface area (Å²) < 4.78 is 0. The van der Waals surface area contributed by atoms with Crippen LogP contribution in [0.4, 0.5) is 17.2 Å². The predicted molar refractivity (Wildman–Crippen MR) is 117 cm³/mol. The van der Waals surface area contributed by atoms with Gasteiger partial charge < -0.3 is 15.5 Å². The number of pyridine rings is 1. The van der Waals surface area contributed by atoms with E-state index < -0.39 is 0 Å². The van der Waals surface area contributed by atoms with Crippen LogP contribution in [-0.4, -0.2) is 30.5 Å². The van der Waals surface area contributed by atoms with E-state index in [9.17, 15) is 4.79 Å². The summed E-state index contributed by atoms with van der Waals surface area (Å²) in [6.45, 7) is 2.17. The molecule has 4 rings (SSSR count). The van der Waals surface area contributed by atoms with E-state index in [0.29, 0.717) is 15.7 Å². The van der Waals surface area contributed by atoms with Crippen molar-refractivity contribution in [1.82, 2.24) is 4.98 Å². The molecule has 28 heavy (non-hydrogen) atoms. The Hall–Kier alpha value is -2.50. The number of fused-ring (bicyclic) bond motifs is 1. The minimum atomic E-state index is -0.196. The third-order valence-corrected chi connectivity index (χ3v) is 5.33. The van der Waals surface area contributed by atoms with Crippen molar-refractivity contribution < 1.29 is 4.79 Å². The van der Waals surface area contributed by atoms with Crippen molar-refractivity contribution in [3.05, 3.63) is 58.6 Å². The number of anilines is 3. The van der Waals surface area contributed by atoms with Gasteiger partial charge in [-0.1, -0.05) is 29.3 Å². The topological polar surface area (TPSA) is 57.3 Å². The number of carbonyl (C=O) groups excluding carboxylic acids is 1. The number of hydrogen-bond acceptors (Lipinski definition) is 4. The van der Waals surface area contributed by atoms with E-state index in [1.165, 1.54) is 12.8 Å². The molecule has 0 aliphatic carbocycles. The Morgan fingerprint density at radius 2 is 1.89 bits per heavy atom. The fraction of sp³-hybridized carbons (Fsp3) is 0.238. The smallest absolute Gasteiger partial charge is 0.243 e. The highest BCUT2D eigenvalue weighted by Gasteiger charge is 2.16. The van der Waals surface area contributed by atoms with Gasteiger partial charge in [0, 0.05) is 29.2 Å². The van der Waals surface area contributed by atoms with Crippen molar-refractivity contribution in [2.24, 2.45) is 0 Å². The standard InChI is InChI=1S/C21H20Cl2N4O/c22-14-4-3-5-15(12-14)24-13-20(28)26-21-16-6-9-19(27-10-1-2-11-27)25-18(16)8-7-17(21)23/h3-9,12,24H,1-2,10-11,13H2,(H,26,28). The number of nitrogens with zero attached hydrogens (tertiary/aromatic N) is 2. The molecule has 0 unspecified atom stereocenters. The summed E-state index contributed by atoms with van der Waals surface area (Å²) in [6, 6.07) is 14.9. The van der Waals surface area contributed by atoms with Crippen molar-refractivity contribution >= 4 is 57.2 Å². The fourth-order valence-electron chi connectivity index (χ4n) is 3.38. The van der Waals surface area contributed by atoms with Crippen LogP contribution in [0.3, 0.4) is 0 Å². The van der Waals surface area contributed by atoms with E-state index in [2.05, 4.69) is 15.5 Å². The largest absolute Gasteiger partial charge is 0.376 e. The molecule has 7 heteroatoms. The van der Waals surface area contributed by atoms with Gasteiger partial charge in [-0.15, -0.1) is 0 Å². The first-order valence-electron chi connectivity index (χ1n) is 9.24. The lowest BCUT2D eigenvalue weighted by Crippen LogP contribution is -2.22. The molecular weight excluding hydrogens is 395 g/mol. The predicted octanol–water partition coefficient (Wildman–Crippen LogP) is 5.19. The second-order valence-corrected chi connectivity index (χ2v) is 7.61. The molecule has 2 heterocycles. The van der Waals surface area contributed by atoms with Gasteiger partial charge >= 0.3 is 0 Å². The van der Waals surface area contributed by atoms with E-state index in [1.54, 1.807) is 18.2 Å². The molecular formula is C21H20Cl2N4O. The van der Waals surface area contributed by atoms with Crippen LogP contribution in [0.5, 0.6) is 0 Å². The number of hydrogen-bond donors (Lipinski definition) is 2. The number of halogens is 2. The van der Waals surface area contributed by atoms with Gasteiger partial charge in [-0.25, -0.2) is 4.98 Å². The van der Waals surface area contributed by atoms with E-state index in [0.717, 1.165) is 35.5 Å². The molecule has 1 aromatic heterocycles. The van der Waals surface area contributed by atoms with Crippen LogP contribution in [0.15, 0.2) is 48.5 Å². The number of benzene rings is 2. The van der Waals surface area contributed by atoms with Gasteiger partial charge in [-0.3, -0.25) is 4.79 Å². The highest BCUT2D eigenvalue weighted by Crippen LogP contribution is 2.32. The van der Waals surface area contributed by atoms with Gasteiger partial charge in [0.05, 0.1) is 22.8 Å². The second kappa shape index (κ2) is 8.25. The molecule has 1 saturated heterocycles. The van der Waals surface area contributed by atoms with Gasteiger partial charge in [-0.05, 0) is 55.3 Å². The molecule has 0 saturated carbocycles. The normalized spacial score (nSPS) is 13.7. The van der Waals surface area contributed by atoms with E-state index in [1.807, 2.05) is 30.3 Å². The Morgan fingerprint density at radius 3 is 2.68 bits per heavy atom. The molecule has 1 fully saturated rings. The number of amides is 1. The van der Waals surface area contributed by atoms with Crippen LogP contribution >= 0.6 is 23.2 Å². The van der Waals surface area contributed by atoms with Crippen molar-refractivity contribution in [2.75, 3.05) is 35.2 Å². The van der Waals surface area contributed by atoms with Gasteiger partial charge in [0.1, 0.15) is 5.82 Å². The maximum Gasteiger partial charge on any atom is 0.243 e. The van der Waals surface area contributed by atoms with E-state index in [-0.39, 0.29) is 12.5 Å². The zero-order chi connectivity index (χ0) is 19.5. The lowest BCUT2D eigenvalue weighted by Gasteiger charge is -2.18. The SMILES string of the molecule is O=C(CNc1cccc(Cl)c1)Nc1c(Cl)ccc2nc(N3CCCC3)ccc12. The van der Waals surface area contributed by atoms with Gasteiger partial charge in [-0.2, -0.15) is 0 Å². The molecule has 0 atom stereocenters. The zero-order valence-corrected chi connectivity index (χ0v) is 16.7. The molecule has 1 aliphatic rings. The first-order chi connectivity index (χ1) is 13.6. The van der Waals surface area contributed by atoms with Crippen molar-refractivity contribution in [3.8, 4) is 0 Å². The van der Waals surface area contributed by atoms with Gasteiger partial charge in [0.2, 0.25) is 5.91 Å². The molecule has 5 nitrogen and oxygen atoms in total. The maximum absolute atomic E-state index is 12.4. The average molecular weight is 415 g/mol. The molecule has 3 aromatic rings. The van der Waals surface area contributed by atoms with Crippen molar-refractivity contribution in [3.63, 3.8) is 0 Å². The molecule has 2 N–H and O–H groups in total. The molecule has 0 bridgehead atoms. The number of rotatable bonds is 5. The Balaban J connectivity index is 1.52. The lowest BCUT2D eigenvalue weighted by molar-refractivity contribution is -0.114. The summed E-state index contributed by atoms with van der Waals surface area (Å²) in [7, 11) is 0. The minimum absolute atomic E-state index is 0.104. The number of aromatic nitrogens is 1. The third kappa shape index (κ3) is 4.16. The summed E-state index contributed by atoms with van der Waals surface area (Å²) in [6.07, 6.45) is 2.39.